The van der Waals surface area contributed by atoms with Gasteiger partial charge in [0.2, 0.25) is 5.91 Å². The van der Waals surface area contributed by atoms with Gasteiger partial charge in [0.1, 0.15) is 0 Å². The molecule has 0 radical (unpaired) electrons. The van der Waals surface area contributed by atoms with Gasteiger partial charge in [0.15, 0.2) is 0 Å². The van der Waals surface area contributed by atoms with E-state index in [9.17, 15) is 19.2 Å². The van der Waals surface area contributed by atoms with Crippen LogP contribution in [0.5, 0.6) is 0 Å². The third kappa shape index (κ3) is 3.34. The van der Waals surface area contributed by atoms with Gasteiger partial charge in [-0.05, 0) is 12.8 Å². The van der Waals surface area contributed by atoms with Crippen molar-refractivity contribution >= 4 is 11.9 Å². The Balaban J connectivity index is 2.06. The lowest BCUT2D eigenvalue weighted by Crippen LogP contribution is -2.43. The van der Waals surface area contributed by atoms with E-state index in [1.165, 1.54) is 4.90 Å². The van der Waals surface area contributed by atoms with E-state index >= 15 is 0 Å². The van der Waals surface area contributed by atoms with Gasteiger partial charge < -0.3 is 15.0 Å². The second-order valence-corrected chi connectivity index (χ2v) is 4.81. The zero-order valence-corrected chi connectivity index (χ0v) is 10.7. The third-order valence-electron chi connectivity index (χ3n) is 3.28. The Labute approximate surface area is 113 Å². The molecule has 1 aliphatic heterocycles. The smallest absolute Gasteiger partial charge is 0.325 e. The molecule has 1 amide bonds. The number of nitrogens with one attached hydrogen (secondary N) is 2. The monoisotopic (exact) mass is 281 g/mol. The predicted molar refractivity (Wildman–Crippen MR) is 68.3 cm³/mol. The fourth-order valence-electron chi connectivity index (χ4n) is 2.29. The molecule has 1 unspecified atom stereocenters. The van der Waals surface area contributed by atoms with E-state index in [0.29, 0.717) is 19.4 Å². The minimum Gasteiger partial charge on any atom is -0.481 e. The summed E-state index contributed by atoms with van der Waals surface area (Å²) in [6, 6.07) is 1.15. The number of aromatic amines is 2. The molecule has 2 heterocycles. The minimum absolute atomic E-state index is 0.120. The molecule has 3 N–H and O–H groups in total. The minimum atomic E-state index is -0.910. The number of likely N-dealkylation sites (tertiary alicyclic amines) is 1. The summed E-state index contributed by atoms with van der Waals surface area (Å²) in [6.07, 6.45) is 1.07. The summed E-state index contributed by atoms with van der Waals surface area (Å²) < 4.78 is 0. The normalized spacial score (nSPS) is 18.8. The molecule has 1 aromatic heterocycles. The molecule has 1 saturated heterocycles. The maximum absolute atomic E-state index is 12.1. The fraction of sp³-hybridized carbons (Fsp3) is 0.500. The van der Waals surface area contributed by atoms with Crippen molar-refractivity contribution in [3.05, 3.63) is 32.6 Å². The quantitative estimate of drug-likeness (QED) is 0.651. The van der Waals surface area contributed by atoms with Gasteiger partial charge in [0, 0.05) is 24.8 Å². The first kappa shape index (κ1) is 14.0. The number of piperidine rings is 1. The summed E-state index contributed by atoms with van der Waals surface area (Å²) >= 11 is 0. The number of carboxylic acid groups (broad SMARTS) is 1. The topological polar surface area (TPSA) is 123 Å². The van der Waals surface area contributed by atoms with Crippen molar-refractivity contribution in [1.29, 1.82) is 0 Å². The van der Waals surface area contributed by atoms with Gasteiger partial charge in [-0.1, -0.05) is 0 Å². The maximum Gasteiger partial charge on any atom is 0.325 e. The Hall–Kier alpha value is -2.38. The number of aromatic nitrogens is 2. The highest BCUT2D eigenvalue weighted by Gasteiger charge is 2.28. The lowest BCUT2D eigenvalue weighted by atomic mass is 9.98. The first-order chi connectivity index (χ1) is 9.45. The van der Waals surface area contributed by atoms with Gasteiger partial charge in [0.05, 0.1) is 12.3 Å². The molecule has 108 valence electrons. The molecule has 1 fully saturated rings. The summed E-state index contributed by atoms with van der Waals surface area (Å²) in [4.78, 5) is 51.1. The first-order valence-corrected chi connectivity index (χ1v) is 6.29. The molecule has 8 nitrogen and oxygen atoms in total. The third-order valence-corrected chi connectivity index (χ3v) is 3.28. The van der Waals surface area contributed by atoms with E-state index in [-0.39, 0.29) is 24.6 Å². The summed E-state index contributed by atoms with van der Waals surface area (Å²) in [5.41, 5.74) is -1.01. The molecule has 0 aliphatic carbocycles. The fourth-order valence-corrected chi connectivity index (χ4v) is 2.29. The van der Waals surface area contributed by atoms with Crippen LogP contribution in [0.4, 0.5) is 0 Å². The van der Waals surface area contributed by atoms with Crippen LogP contribution in [0.25, 0.3) is 0 Å². The predicted octanol–water partition coefficient (Wildman–Crippen LogP) is -1.07. The molecular formula is C12H15N3O5. The van der Waals surface area contributed by atoms with Crippen LogP contribution in [0, 0.1) is 5.92 Å². The van der Waals surface area contributed by atoms with Crippen LogP contribution in [0.15, 0.2) is 15.7 Å². The molecule has 0 aromatic carbocycles. The van der Waals surface area contributed by atoms with E-state index < -0.39 is 23.1 Å². The van der Waals surface area contributed by atoms with Gasteiger partial charge in [-0.25, -0.2) is 4.79 Å². The van der Waals surface area contributed by atoms with Crippen LogP contribution < -0.4 is 11.2 Å². The molecule has 0 bridgehead atoms. The van der Waals surface area contributed by atoms with Crippen molar-refractivity contribution in [1.82, 2.24) is 14.9 Å². The van der Waals surface area contributed by atoms with Crippen molar-refractivity contribution in [3.8, 4) is 0 Å². The number of H-pyrrole nitrogens is 2. The number of carbonyl (C=O) groups excluding carboxylic acids is 1. The van der Waals surface area contributed by atoms with Gasteiger partial charge in [-0.3, -0.25) is 19.4 Å². The summed E-state index contributed by atoms with van der Waals surface area (Å²) in [6.45, 7) is 0.664. The number of rotatable bonds is 3. The largest absolute Gasteiger partial charge is 0.481 e. The average molecular weight is 281 g/mol. The van der Waals surface area contributed by atoms with Gasteiger partial charge in [-0.15, -0.1) is 0 Å². The first-order valence-electron chi connectivity index (χ1n) is 6.29. The molecular weight excluding hydrogens is 266 g/mol. The van der Waals surface area contributed by atoms with Crippen molar-refractivity contribution in [3.63, 3.8) is 0 Å². The van der Waals surface area contributed by atoms with Crippen LogP contribution in [0.2, 0.25) is 0 Å². The second-order valence-electron chi connectivity index (χ2n) is 4.81. The number of hydrogen-bond acceptors (Lipinski definition) is 4. The number of hydrogen-bond donors (Lipinski definition) is 3. The van der Waals surface area contributed by atoms with E-state index in [1.807, 2.05) is 4.98 Å². The molecule has 20 heavy (non-hydrogen) atoms. The number of aliphatic carboxylic acids is 1. The number of amides is 1. The summed E-state index contributed by atoms with van der Waals surface area (Å²) in [7, 11) is 0. The highest BCUT2D eigenvalue weighted by molar-refractivity contribution is 5.79. The zero-order chi connectivity index (χ0) is 14.7. The molecule has 0 spiro atoms. The highest BCUT2D eigenvalue weighted by atomic mass is 16.4. The van der Waals surface area contributed by atoms with E-state index in [0.717, 1.165) is 6.07 Å². The Morgan fingerprint density at radius 1 is 1.35 bits per heavy atom. The van der Waals surface area contributed by atoms with Crippen LogP contribution >= 0.6 is 0 Å². The SMILES string of the molecule is O=C(O)C1CCCN(C(=O)Cc2cc(=O)[nH]c(=O)[nH]2)C1. The van der Waals surface area contributed by atoms with E-state index in [1.54, 1.807) is 0 Å². The van der Waals surface area contributed by atoms with Gasteiger partial charge in [-0.2, -0.15) is 0 Å². The van der Waals surface area contributed by atoms with Gasteiger partial charge in [0.25, 0.3) is 5.56 Å². The van der Waals surface area contributed by atoms with E-state index in [4.69, 9.17) is 5.11 Å². The number of carboxylic acids is 1. The van der Waals surface area contributed by atoms with Crippen molar-refractivity contribution in [2.24, 2.45) is 5.92 Å². The lowest BCUT2D eigenvalue weighted by molar-refractivity contribution is -0.145. The standard InChI is InChI=1S/C12H15N3O5/c16-9-4-8(13-12(20)14-9)5-10(17)15-3-1-2-7(6-15)11(18)19/h4,7H,1-3,5-6H2,(H,18,19)(H2,13,14,16,20). The Morgan fingerprint density at radius 3 is 2.75 bits per heavy atom. The van der Waals surface area contributed by atoms with Crippen LogP contribution in [-0.4, -0.2) is 44.9 Å². The molecule has 1 aliphatic rings. The molecule has 1 atom stereocenters. The highest BCUT2D eigenvalue weighted by Crippen LogP contribution is 2.17. The Bertz CT molecular complexity index is 604. The number of nitrogens with zero attached hydrogens (tertiary/aromatic N) is 1. The van der Waals surface area contributed by atoms with Crippen molar-refractivity contribution in [2.75, 3.05) is 13.1 Å². The van der Waals surface area contributed by atoms with Gasteiger partial charge >= 0.3 is 11.7 Å². The van der Waals surface area contributed by atoms with Crippen molar-refractivity contribution < 1.29 is 14.7 Å². The zero-order valence-electron chi connectivity index (χ0n) is 10.7. The van der Waals surface area contributed by atoms with Crippen molar-refractivity contribution in [2.45, 2.75) is 19.3 Å². The summed E-state index contributed by atoms with van der Waals surface area (Å²) in [5, 5.41) is 8.97. The average Bonchev–Trinajstić information content (AvgIpc) is 2.37. The summed E-state index contributed by atoms with van der Waals surface area (Å²) in [5.74, 6) is -1.75. The maximum atomic E-state index is 12.1. The van der Waals surface area contributed by atoms with Crippen LogP contribution in [0.3, 0.4) is 0 Å². The molecule has 2 rings (SSSR count). The van der Waals surface area contributed by atoms with Crippen LogP contribution in [0.1, 0.15) is 18.5 Å². The molecule has 0 saturated carbocycles. The second kappa shape index (κ2) is 5.72. The Morgan fingerprint density at radius 2 is 2.10 bits per heavy atom. The van der Waals surface area contributed by atoms with Crippen LogP contribution in [-0.2, 0) is 16.0 Å². The van der Waals surface area contributed by atoms with E-state index in [2.05, 4.69) is 4.98 Å². The Kier molecular flexibility index (Phi) is 4.02. The molecule has 8 heteroatoms. The number of carbonyl (C=O) groups is 2. The molecule has 1 aromatic rings. The lowest BCUT2D eigenvalue weighted by Gasteiger charge is -2.30.